The van der Waals surface area contributed by atoms with Crippen LogP contribution < -0.4 is 10.6 Å². The standard InChI is InChI=1S/C15H16ClN3O3/c1-22-15(21)11-3-5-13(6-4-11)19-10-12(9-17)14(20)18-8-2-7-16/h3-6,10,19H,2,7-8H2,1H3,(H,18,20)/b12-10-. The topological polar surface area (TPSA) is 91.2 Å². The number of alkyl halides is 1. The highest BCUT2D eigenvalue weighted by atomic mass is 35.5. The van der Waals surface area contributed by atoms with Crippen molar-refractivity contribution in [2.75, 3.05) is 24.9 Å². The van der Waals surface area contributed by atoms with Crippen LogP contribution in [0.2, 0.25) is 0 Å². The van der Waals surface area contributed by atoms with Gasteiger partial charge in [0.2, 0.25) is 0 Å². The maximum atomic E-state index is 11.7. The van der Waals surface area contributed by atoms with E-state index in [0.29, 0.717) is 30.1 Å². The van der Waals surface area contributed by atoms with Crippen molar-refractivity contribution in [1.82, 2.24) is 5.32 Å². The lowest BCUT2D eigenvalue weighted by Gasteiger charge is -2.05. The number of amides is 1. The SMILES string of the molecule is COC(=O)c1ccc(N/C=C(/C#N)C(=O)NCCCCl)cc1. The summed E-state index contributed by atoms with van der Waals surface area (Å²) in [5.41, 5.74) is 0.997. The molecule has 0 fully saturated rings. The number of carbonyl (C=O) groups is 2. The Bertz CT molecular complexity index is 591. The van der Waals surface area contributed by atoms with Gasteiger partial charge in [-0.2, -0.15) is 5.26 Å². The lowest BCUT2D eigenvalue weighted by Crippen LogP contribution is -2.26. The van der Waals surface area contributed by atoms with Crippen molar-refractivity contribution >= 4 is 29.2 Å². The molecule has 0 bridgehead atoms. The number of hydrogen-bond donors (Lipinski definition) is 2. The zero-order valence-electron chi connectivity index (χ0n) is 12.1. The van der Waals surface area contributed by atoms with Crippen LogP contribution in [0.15, 0.2) is 36.0 Å². The average Bonchev–Trinajstić information content (AvgIpc) is 2.55. The Morgan fingerprint density at radius 1 is 1.36 bits per heavy atom. The molecule has 2 N–H and O–H groups in total. The van der Waals surface area contributed by atoms with E-state index >= 15 is 0 Å². The normalized spacial score (nSPS) is 10.5. The van der Waals surface area contributed by atoms with E-state index in [4.69, 9.17) is 16.9 Å². The Labute approximate surface area is 133 Å². The summed E-state index contributed by atoms with van der Waals surface area (Å²) in [6.07, 6.45) is 1.94. The molecule has 0 unspecified atom stereocenters. The third-order valence-electron chi connectivity index (χ3n) is 2.65. The van der Waals surface area contributed by atoms with E-state index in [1.54, 1.807) is 24.3 Å². The van der Waals surface area contributed by atoms with Crippen LogP contribution in [0.3, 0.4) is 0 Å². The van der Waals surface area contributed by atoms with E-state index < -0.39 is 11.9 Å². The molecule has 6 nitrogen and oxygen atoms in total. The number of rotatable bonds is 7. The first-order chi connectivity index (χ1) is 10.6. The van der Waals surface area contributed by atoms with E-state index in [1.165, 1.54) is 13.3 Å². The summed E-state index contributed by atoms with van der Waals surface area (Å²) in [5.74, 6) is -0.457. The second-order valence-electron chi connectivity index (χ2n) is 4.18. The fourth-order valence-corrected chi connectivity index (χ4v) is 1.62. The molecule has 1 amide bonds. The Kier molecular flexibility index (Phi) is 7.51. The number of methoxy groups -OCH3 is 1. The summed E-state index contributed by atoms with van der Waals surface area (Å²) in [6, 6.07) is 8.26. The molecular weight excluding hydrogens is 306 g/mol. The molecule has 0 heterocycles. The highest BCUT2D eigenvalue weighted by Crippen LogP contribution is 2.11. The molecule has 0 aliphatic heterocycles. The quantitative estimate of drug-likeness (QED) is 0.264. The van der Waals surface area contributed by atoms with E-state index in [2.05, 4.69) is 15.4 Å². The van der Waals surface area contributed by atoms with Crippen LogP contribution in [0.1, 0.15) is 16.8 Å². The largest absolute Gasteiger partial charge is 0.465 e. The Morgan fingerprint density at radius 2 is 2.05 bits per heavy atom. The third-order valence-corrected chi connectivity index (χ3v) is 2.92. The number of carbonyl (C=O) groups excluding carboxylic acids is 2. The Hall–Kier alpha value is -2.52. The molecule has 0 aliphatic carbocycles. The molecule has 116 valence electrons. The molecule has 0 radical (unpaired) electrons. The Balaban J connectivity index is 2.66. The first-order valence-corrected chi connectivity index (χ1v) is 7.05. The number of benzene rings is 1. The molecule has 22 heavy (non-hydrogen) atoms. The van der Waals surface area contributed by atoms with Crippen LogP contribution in [0.4, 0.5) is 5.69 Å². The number of esters is 1. The molecular formula is C15H16ClN3O3. The number of halogens is 1. The highest BCUT2D eigenvalue weighted by molar-refractivity contribution is 6.17. The van der Waals surface area contributed by atoms with Crippen molar-refractivity contribution in [2.24, 2.45) is 0 Å². The van der Waals surface area contributed by atoms with Crippen LogP contribution in [0.5, 0.6) is 0 Å². The van der Waals surface area contributed by atoms with Crippen LogP contribution in [0.25, 0.3) is 0 Å². The fraction of sp³-hybridized carbons (Fsp3) is 0.267. The van der Waals surface area contributed by atoms with E-state index in [-0.39, 0.29) is 5.57 Å². The summed E-state index contributed by atoms with van der Waals surface area (Å²) in [5, 5.41) is 14.4. The first kappa shape index (κ1) is 17.5. The van der Waals surface area contributed by atoms with Crippen molar-refractivity contribution in [3.8, 4) is 6.07 Å². The van der Waals surface area contributed by atoms with Gasteiger partial charge in [0.25, 0.3) is 5.91 Å². The zero-order chi connectivity index (χ0) is 16.4. The molecule has 7 heteroatoms. The van der Waals surface area contributed by atoms with Gasteiger partial charge in [0, 0.05) is 24.3 Å². The van der Waals surface area contributed by atoms with E-state index in [0.717, 1.165) is 0 Å². The molecule has 0 aliphatic rings. The average molecular weight is 322 g/mol. The number of ether oxygens (including phenoxy) is 1. The molecule has 1 rings (SSSR count). The predicted molar refractivity (Wildman–Crippen MR) is 83.4 cm³/mol. The van der Waals surface area contributed by atoms with Crippen molar-refractivity contribution in [3.63, 3.8) is 0 Å². The third kappa shape index (κ3) is 5.46. The van der Waals surface area contributed by atoms with Gasteiger partial charge < -0.3 is 15.4 Å². The molecule has 0 spiro atoms. The second-order valence-corrected chi connectivity index (χ2v) is 4.56. The van der Waals surface area contributed by atoms with Gasteiger partial charge in [-0.1, -0.05) is 0 Å². The predicted octanol–water partition coefficient (Wildman–Crippen LogP) is 2.04. The van der Waals surface area contributed by atoms with Crippen LogP contribution >= 0.6 is 11.6 Å². The van der Waals surface area contributed by atoms with Gasteiger partial charge >= 0.3 is 5.97 Å². The minimum Gasteiger partial charge on any atom is -0.465 e. The Morgan fingerprint density at radius 3 is 2.59 bits per heavy atom. The van der Waals surface area contributed by atoms with Gasteiger partial charge in [-0.25, -0.2) is 4.79 Å². The minimum atomic E-state index is -0.466. The first-order valence-electron chi connectivity index (χ1n) is 6.51. The van der Waals surface area contributed by atoms with Crippen molar-refractivity contribution in [3.05, 3.63) is 41.6 Å². The van der Waals surface area contributed by atoms with Crippen LogP contribution in [0, 0.1) is 11.3 Å². The monoisotopic (exact) mass is 321 g/mol. The highest BCUT2D eigenvalue weighted by Gasteiger charge is 2.08. The minimum absolute atomic E-state index is 0.0494. The van der Waals surface area contributed by atoms with Gasteiger partial charge in [-0.3, -0.25) is 4.79 Å². The molecule has 1 aromatic rings. The smallest absolute Gasteiger partial charge is 0.337 e. The lowest BCUT2D eigenvalue weighted by atomic mass is 10.2. The van der Waals surface area contributed by atoms with E-state index in [9.17, 15) is 9.59 Å². The second kappa shape index (κ2) is 9.42. The number of hydrogen-bond acceptors (Lipinski definition) is 5. The number of nitrogens with one attached hydrogen (secondary N) is 2. The molecule has 0 atom stereocenters. The summed E-state index contributed by atoms with van der Waals surface area (Å²) in [4.78, 5) is 23.0. The fourth-order valence-electron chi connectivity index (χ4n) is 1.49. The number of nitriles is 1. The van der Waals surface area contributed by atoms with E-state index in [1.807, 2.05) is 6.07 Å². The summed E-state index contributed by atoms with van der Waals surface area (Å²) in [6.45, 7) is 0.412. The van der Waals surface area contributed by atoms with Crippen molar-refractivity contribution in [1.29, 1.82) is 5.26 Å². The number of anilines is 1. The van der Waals surface area contributed by atoms with Gasteiger partial charge in [0.15, 0.2) is 0 Å². The van der Waals surface area contributed by atoms with Gasteiger partial charge in [-0.15, -0.1) is 11.6 Å². The molecule has 0 saturated heterocycles. The molecule has 0 aromatic heterocycles. The summed E-state index contributed by atoms with van der Waals surface area (Å²) < 4.78 is 4.59. The van der Waals surface area contributed by atoms with Crippen LogP contribution in [-0.4, -0.2) is 31.4 Å². The van der Waals surface area contributed by atoms with Crippen LogP contribution in [-0.2, 0) is 9.53 Å². The zero-order valence-corrected chi connectivity index (χ0v) is 12.8. The van der Waals surface area contributed by atoms with Crippen molar-refractivity contribution in [2.45, 2.75) is 6.42 Å². The summed E-state index contributed by atoms with van der Waals surface area (Å²) >= 11 is 5.51. The molecule has 0 saturated carbocycles. The maximum Gasteiger partial charge on any atom is 0.337 e. The van der Waals surface area contributed by atoms with Gasteiger partial charge in [0.05, 0.1) is 12.7 Å². The van der Waals surface area contributed by atoms with Crippen molar-refractivity contribution < 1.29 is 14.3 Å². The number of nitrogens with zero attached hydrogens (tertiary/aromatic N) is 1. The lowest BCUT2D eigenvalue weighted by molar-refractivity contribution is -0.117. The maximum absolute atomic E-state index is 11.7. The van der Waals surface area contributed by atoms with Gasteiger partial charge in [-0.05, 0) is 30.7 Å². The molecule has 1 aromatic carbocycles. The summed E-state index contributed by atoms with van der Waals surface area (Å²) in [7, 11) is 1.30. The van der Waals surface area contributed by atoms with Gasteiger partial charge in [0.1, 0.15) is 11.6 Å².